The average Bonchev–Trinajstić information content (AvgIpc) is 3.09. The monoisotopic (exact) mass is 334 g/mol. The van der Waals surface area contributed by atoms with Gasteiger partial charge in [-0.1, -0.05) is 17.3 Å². The van der Waals surface area contributed by atoms with Crippen molar-refractivity contribution in [2.45, 2.75) is 13.0 Å². The molecule has 0 aliphatic heterocycles. The van der Waals surface area contributed by atoms with Gasteiger partial charge >= 0.3 is 0 Å². The molecule has 0 radical (unpaired) electrons. The number of rotatable bonds is 4. The molecule has 4 rings (SSSR count). The lowest BCUT2D eigenvalue weighted by Crippen LogP contribution is -2.26. The number of carbonyl (C=O) groups excluding carboxylic acids is 1. The van der Waals surface area contributed by atoms with Crippen LogP contribution in [0.4, 0.5) is 5.69 Å². The molecule has 25 heavy (non-hydrogen) atoms. The number of nitrogens with zero attached hydrogens (tertiary/aromatic N) is 4. The summed E-state index contributed by atoms with van der Waals surface area (Å²) >= 11 is 0. The fourth-order valence-electron chi connectivity index (χ4n) is 2.62. The van der Waals surface area contributed by atoms with Gasteiger partial charge in [-0.05, 0) is 30.3 Å². The van der Waals surface area contributed by atoms with E-state index in [-0.39, 0.29) is 24.4 Å². The second kappa shape index (κ2) is 6.16. The molecule has 2 aromatic carbocycles. The van der Waals surface area contributed by atoms with Crippen LogP contribution in [0.2, 0.25) is 0 Å². The zero-order chi connectivity index (χ0) is 17.2. The molecule has 0 fully saturated rings. The molecule has 0 saturated carbocycles. The Labute approximate surface area is 141 Å². The number of anilines is 1. The van der Waals surface area contributed by atoms with Crippen LogP contribution in [-0.2, 0) is 11.3 Å². The second-order valence-corrected chi connectivity index (χ2v) is 5.61. The smallest absolute Gasteiger partial charge is 0.277 e. The first-order chi connectivity index (χ1) is 12.2. The highest BCUT2D eigenvalue weighted by Crippen LogP contribution is 2.16. The molecule has 8 heteroatoms. The van der Waals surface area contributed by atoms with E-state index in [0.717, 1.165) is 10.9 Å². The molecule has 124 valence electrons. The first-order valence-electron chi connectivity index (χ1n) is 7.76. The lowest BCUT2D eigenvalue weighted by atomic mass is 10.2. The Morgan fingerprint density at radius 2 is 2.08 bits per heavy atom. The highest BCUT2D eigenvalue weighted by molar-refractivity contribution is 5.93. The quantitative estimate of drug-likeness (QED) is 0.591. The Kier molecular flexibility index (Phi) is 3.70. The van der Waals surface area contributed by atoms with E-state index in [9.17, 15) is 9.59 Å². The van der Waals surface area contributed by atoms with Crippen molar-refractivity contribution in [2.24, 2.45) is 0 Å². The SMILES string of the molecule is O=C(CCn1nnc2ccccc2c1=O)Nc1ccc2[nH]ncc2c1. The normalized spacial score (nSPS) is 11.0. The predicted octanol–water partition coefficient (Wildman–Crippen LogP) is 1.70. The molecule has 1 amide bonds. The van der Waals surface area contributed by atoms with Crippen LogP contribution in [0.5, 0.6) is 0 Å². The predicted molar refractivity (Wildman–Crippen MR) is 93.1 cm³/mol. The van der Waals surface area contributed by atoms with Crippen molar-refractivity contribution >= 4 is 33.4 Å². The van der Waals surface area contributed by atoms with Crippen molar-refractivity contribution in [1.29, 1.82) is 0 Å². The Morgan fingerprint density at radius 1 is 1.20 bits per heavy atom. The minimum atomic E-state index is -0.252. The molecule has 0 saturated heterocycles. The summed E-state index contributed by atoms with van der Waals surface area (Å²) in [4.78, 5) is 24.5. The molecule has 2 aromatic heterocycles. The van der Waals surface area contributed by atoms with Crippen LogP contribution in [0, 0.1) is 0 Å². The summed E-state index contributed by atoms with van der Waals surface area (Å²) in [6, 6.07) is 12.5. The highest BCUT2D eigenvalue weighted by Gasteiger charge is 2.08. The van der Waals surface area contributed by atoms with Crippen molar-refractivity contribution in [1.82, 2.24) is 25.2 Å². The molecule has 2 N–H and O–H groups in total. The standard InChI is InChI=1S/C17H14N6O2/c24-16(19-12-5-6-14-11(9-12)10-18-20-14)7-8-23-17(25)13-3-1-2-4-15(13)21-22-23/h1-6,9-10H,7-8H2,(H,18,20)(H,19,24). The first-order valence-corrected chi connectivity index (χ1v) is 7.76. The summed E-state index contributed by atoms with van der Waals surface area (Å²) in [5.74, 6) is -0.204. The molecule has 0 bridgehead atoms. The number of aryl methyl sites for hydroxylation is 1. The summed E-state index contributed by atoms with van der Waals surface area (Å²) in [5, 5.41) is 18.9. The number of aromatic amines is 1. The Hall–Kier alpha value is -3.55. The number of nitrogens with one attached hydrogen (secondary N) is 2. The lowest BCUT2D eigenvalue weighted by molar-refractivity contribution is -0.116. The van der Waals surface area contributed by atoms with Crippen molar-refractivity contribution in [3.05, 3.63) is 59.0 Å². The van der Waals surface area contributed by atoms with Crippen molar-refractivity contribution < 1.29 is 4.79 Å². The average molecular weight is 334 g/mol. The van der Waals surface area contributed by atoms with Crippen LogP contribution < -0.4 is 10.9 Å². The van der Waals surface area contributed by atoms with Gasteiger partial charge in [0.25, 0.3) is 5.56 Å². The number of H-pyrrole nitrogens is 1. The summed E-state index contributed by atoms with van der Waals surface area (Å²) in [6.45, 7) is 0.163. The Morgan fingerprint density at radius 3 is 3.00 bits per heavy atom. The fraction of sp³-hybridized carbons (Fsp3) is 0.118. The van der Waals surface area contributed by atoms with Crippen LogP contribution in [0.15, 0.2) is 53.5 Å². The molecule has 0 spiro atoms. The minimum absolute atomic E-state index is 0.121. The van der Waals surface area contributed by atoms with Gasteiger partial charge in [0, 0.05) is 17.5 Å². The topological polar surface area (TPSA) is 106 Å². The number of aromatic nitrogens is 5. The maximum absolute atomic E-state index is 12.3. The van der Waals surface area contributed by atoms with Crippen LogP contribution in [0.1, 0.15) is 6.42 Å². The zero-order valence-corrected chi connectivity index (χ0v) is 13.1. The van der Waals surface area contributed by atoms with Crippen LogP contribution in [0.3, 0.4) is 0 Å². The van der Waals surface area contributed by atoms with Crippen LogP contribution >= 0.6 is 0 Å². The van der Waals surface area contributed by atoms with Gasteiger partial charge in [-0.15, -0.1) is 5.10 Å². The summed E-state index contributed by atoms with van der Waals surface area (Å²) < 4.78 is 1.21. The molecule has 2 heterocycles. The van der Waals surface area contributed by atoms with E-state index < -0.39 is 0 Å². The molecule has 0 atom stereocenters. The molecule has 0 aliphatic carbocycles. The molecule has 4 aromatic rings. The van der Waals surface area contributed by atoms with Crippen molar-refractivity contribution in [3.63, 3.8) is 0 Å². The highest BCUT2D eigenvalue weighted by atomic mass is 16.2. The number of hydrogen-bond donors (Lipinski definition) is 2. The third-order valence-corrected chi connectivity index (χ3v) is 3.90. The van der Waals surface area contributed by atoms with Crippen LogP contribution in [-0.4, -0.2) is 31.1 Å². The summed E-state index contributed by atoms with van der Waals surface area (Å²) in [7, 11) is 0. The van der Waals surface area contributed by atoms with E-state index in [1.54, 1.807) is 36.5 Å². The first kappa shape index (κ1) is 15.0. The van der Waals surface area contributed by atoms with Gasteiger partial charge in [0.05, 0.1) is 23.6 Å². The number of carbonyl (C=O) groups is 1. The Balaban J connectivity index is 1.46. The van der Waals surface area contributed by atoms with Crippen LogP contribution in [0.25, 0.3) is 21.8 Å². The molecular weight excluding hydrogens is 320 g/mol. The summed E-state index contributed by atoms with van der Waals surface area (Å²) in [6.07, 6.45) is 1.81. The van der Waals surface area contributed by atoms with E-state index in [2.05, 4.69) is 25.8 Å². The fourth-order valence-corrected chi connectivity index (χ4v) is 2.62. The van der Waals surface area contributed by atoms with E-state index in [1.807, 2.05) is 12.1 Å². The molecule has 0 aliphatic rings. The molecular formula is C17H14N6O2. The maximum atomic E-state index is 12.3. The molecule has 0 unspecified atom stereocenters. The van der Waals surface area contributed by atoms with Gasteiger partial charge in [0.1, 0.15) is 5.52 Å². The van der Waals surface area contributed by atoms with E-state index in [1.165, 1.54) is 4.68 Å². The third kappa shape index (κ3) is 2.97. The lowest BCUT2D eigenvalue weighted by Gasteiger charge is -2.07. The second-order valence-electron chi connectivity index (χ2n) is 5.61. The zero-order valence-electron chi connectivity index (χ0n) is 13.1. The number of amides is 1. The number of fused-ring (bicyclic) bond motifs is 2. The third-order valence-electron chi connectivity index (χ3n) is 3.90. The minimum Gasteiger partial charge on any atom is -0.326 e. The number of hydrogen-bond acceptors (Lipinski definition) is 5. The van der Waals surface area contributed by atoms with Gasteiger partial charge in [0.2, 0.25) is 5.91 Å². The largest absolute Gasteiger partial charge is 0.326 e. The summed E-state index contributed by atoms with van der Waals surface area (Å²) in [5.41, 5.74) is 1.87. The number of benzene rings is 2. The van der Waals surface area contributed by atoms with E-state index in [0.29, 0.717) is 16.6 Å². The van der Waals surface area contributed by atoms with Gasteiger partial charge < -0.3 is 5.32 Å². The van der Waals surface area contributed by atoms with Gasteiger partial charge in [-0.3, -0.25) is 14.7 Å². The van der Waals surface area contributed by atoms with E-state index >= 15 is 0 Å². The van der Waals surface area contributed by atoms with E-state index in [4.69, 9.17) is 0 Å². The maximum Gasteiger partial charge on any atom is 0.277 e. The Bertz CT molecular complexity index is 1130. The van der Waals surface area contributed by atoms with Gasteiger partial charge in [0.15, 0.2) is 0 Å². The van der Waals surface area contributed by atoms with Crippen molar-refractivity contribution in [3.8, 4) is 0 Å². The van der Waals surface area contributed by atoms with Gasteiger partial charge in [-0.2, -0.15) is 5.10 Å². The van der Waals surface area contributed by atoms with Crippen molar-refractivity contribution in [2.75, 3.05) is 5.32 Å². The molecule has 8 nitrogen and oxygen atoms in total. The van der Waals surface area contributed by atoms with Gasteiger partial charge in [-0.25, -0.2) is 4.68 Å².